The molecule has 0 aromatic carbocycles. The van der Waals surface area contributed by atoms with Gasteiger partial charge in [-0.3, -0.25) is 13.8 Å². The number of carboxylic acids is 1. The normalized spacial score (nSPS) is 16.7. The molecule has 9 heteroatoms. The van der Waals surface area contributed by atoms with Crippen LogP contribution in [0.15, 0.2) is 34.9 Å². The molecule has 1 fully saturated rings. The molecule has 2 unspecified atom stereocenters. The zero-order valence-corrected chi connectivity index (χ0v) is 16.3. The van der Waals surface area contributed by atoms with Crippen molar-refractivity contribution >= 4 is 39.1 Å². The van der Waals surface area contributed by atoms with E-state index in [-0.39, 0.29) is 16.9 Å². The van der Waals surface area contributed by atoms with E-state index in [9.17, 15) is 13.8 Å². The second kappa shape index (κ2) is 9.18. The first kappa shape index (κ1) is 19.6. The Bertz CT molecular complexity index is 803. The maximum atomic E-state index is 12.9. The first-order chi connectivity index (χ1) is 13.0. The molecular formula is C18H21N3O4S2. The van der Waals surface area contributed by atoms with Crippen molar-refractivity contribution in [2.75, 3.05) is 11.1 Å². The van der Waals surface area contributed by atoms with Crippen molar-refractivity contribution < 1.29 is 18.9 Å². The van der Waals surface area contributed by atoms with Crippen LogP contribution in [0.5, 0.6) is 0 Å². The number of amides is 1. The number of carboxylic acid groups (broad SMARTS) is 1. The third-order valence-corrected chi connectivity index (χ3v) is 6.58. The summed E-state index contributed by atoms with van der Waals surface area (Å²) < 4.78 is 11.9. The number of rotatable bonds is 8. The highest BCUT2D eigenvalue weighted by Gasteiger charge is 2.27. The number of carbonyl (C=O) groups excluding carboxylic acids is 1. The van der Waals surface area contributed by atoms with Gasteiger partial charge in [-0.2, -0.15) is 0 Å². The van der Waals surface area contributed by atoms with Gasteiger partial charge in [0.2, 0.25) is 5.91 Å². The Labute approximate surface area is 163 Å². The van der Waals surface area contributed by atoms with E-state index in [2.05, 4.69) is 15.3 Å². The molecule has 2 aromatic heterocycles. The van der Waals surface area contributed by atoms with E-state index in [4.69, 9.17) is 5.11 Å². The molecule has 0 saturated heterocycles. The molecule has 0 spiro atoms. The van der Waals surface area contributed by atoms with Crippen LogP contribution >= 0.6 is 11.3 Å². The van der Waals surface area contributed by atoms with Gasteiger partial charge in [-0.1, -0.05) is 31.7 Å². The summed E-state index contributed by atoms with van der Waals surface area (Å²) in [6, 6.07) is 3.27. The van der Waals surface area contributed by atoms with Crippen LogP contribution in [0.3, 0.4) is 0 Å². The van der Waals surface area contributed by atoms with Gasteiger partial charge in [0.25, 0.3) is 0 Å². The fraction of sp³-hybridized carbons (Fsp3) is 0.444. The molecule has 1 aliphatic rings. The molecule has 3 rings (SSSR count). The molecule has 1 aliphatic carbocycles. The van der Waals surface area contributed by atoms with Crippen molar-refractivity contribution in [2.45, 2.75) is 43.0 Å². The summed E-state index contributed by atoms with van der Waals surface area (Å²) in [6.07, 6.45) is 8.53. The predicted molar refractivity (Wildman–Crippen MR) is 103 cm³/mol. The molecule has 0 radical (unpaired) electrons. The second-order valence-electron chi connectivity index (χ2n) is 6.58. The second-order valence-corrected chi connectivity index (χ2v) is 8.87. The number of nitrogens with one attached hydrogen (secondary N) is 1. The molecule has 2 N–H and O–H groups in total. The first-order valence-corrected chi connectivity index (χ1v) is 11.0. The van der Waals surface area contributed by atoms with Crippen molar-refractivity contribution in [2.24, 2.45) is 5.92 Å². The average Bonchev–Trinajstić information content (AvgIpc) is 3.33. The van der Waals surface area contributed by atoms with Crippen LogP contribution in [-0.2, 0) is 20.4 Å². The van der Waals surface area contributed by atoms with Crippen molar-refractivity contribution in [3.8, 4) is 0 Å². The lowest BCUT2D eigenvalue weighted by atomic mass is 9.88. The molecular weight excluding hydrogens is 386 g/mol. The van der Waals surface area contributed by atoms with Crippen molar-refractivity contribution in [3.63, 3.8) is 0 Å². The van der Waals surface area contributed by atoms with Gasteiger partial charge < -0.3 is 10.4 Å². The fourth-order valence-electron chi connectivity index (χ4n) is 3.37. The van der Waals surface area contributed by atoms with E-state index in [1.54, 1.807) is 23.7 Å². The van der Waals surface area contributed by atoms with Crippen LogP contribution in [-0.4, -0.2) is 36.9 Å². The van der Waals surface area contributed by atoms with Gasteiger partial charge in [0.1, 0.15) is 10.8 Å². The van der Waals surface area contributed by atoms with Gasteiger partial charge in [-0.15, -0.1) is 11.3 Å². The zero-order chi connectivity index (χ0) is 19.2. The molecule has 7 nitrogen and oxygen atoms in total. The van der Waals surface area contributed by atoms with E-state index < -0.39 is 22.5 Å². The average molecular weight is 408 g/mol. The number of anilines is 1. The number of hydrogen-bond acceptors (Lipinski definition) is 6. The monoisotopic (exact) mass is 407 g/mol. The Kier molecular flexibility index (Phi) is 6.68. The maximum Gasteiger partial charge on any atom is 0.316 e. The van der Waals surface area contributed by atoms with Gasteiger partial charge in [-0.25, -0.2) is 9.97 Å². The standard InChI is InChI=1S/C18H21N3O4S2/c22-16(23)11-27(25)15-6-5-13(10-20-15)14(9-12-3-1-2-4-12)17(24)21-18-19-7-8-26-18/h5-8,10,12,14H,1-4,9,11H2,(H,22,23)(H,19,21,24). The summed E-state index contributed by atoms with van der Waals surface area (Å²) in [5.41, 5.74) is 0.743. The maximum absolute atomic E-state index is 12.9. The largest absolute Gasteiger partial charge is 0.481 e. The van der Waals surface area contributed by atoms with Gasteiger partial charge in [0, 0.05) is 17.8 Å². The van der Waals surface area contributed by atoms with Gasteiger partial charge in [-0.05, 0) is 24.0 Å². The van der Waals surface area contributed by atoms with Gasteiger partial charge in [0.05, 0.1) is 16.7 Å². The Hall–Kier alpha value is -2.13. The lowest BCUT2D eigenvalue weighted by Gasteiger charge is -2.20. The highest BCUT2D eigenvalue weighted by molar-refractivity contribution is 7.85. The minimum Gasteiger partial charge on any atom is -0.481 e. The van der Waals surface area contributed by atoms with Crippen LogP contribution in [0, 0.1) is 5.92 Å². The summed E-state index contributed by atoms with van der Waals surface area (Å²) in [4.78, 5) is 31.8. The Morgan fingerprint density at radius 1 is 1.30 bits per heavy atom. The number of pyridine rings is 1. The Morgan fingerprint density at radius 3 is 2.67 bits per heavy atom. The van der Waals surface area contributed by atoms with E-state index in [1.807, 2.05) is 0 Å². The lowest BCUT2D eigenvalue weighted by Crippen LogP contribution is -2.23. The number of aromatic nitrogens is 2. The van der Waals surface area contributed by atoms with Crippen LogP contribution in [0.25, 0.3) is 0 Å². The number of hydrogen-bond donors (Lipinski definition) is 2. The van der Waals surface area contributed by atoms with Gasteiger partial charge >= 0.3 is 5.97 Å². The van der Waals surface area contributed by atoms with Crippen molar-refractivity contribution in [1.29, 1.82) is 0 Å². The van der Waals surface area contributed by atoms with Crippen molar-refractivity contribution in [3.05, 3.63) is 35.5 Å². The van der Waals surface area contributed by atoms with Crippen LogP contribution in [0.1, 0.15) is 43.6 Å². The SMILES string of the molecule is O=C(O)CS(=O)c1ccc(C(CC2CCCC2)C(=O)Nc2nccs2)cn1. The lowest BCUT2D eigenvalue weighted by molar-refractivity contribution is -0.134. The molecule has 1 saturated carbocycles. The molecule has 0 aliphatic heterocycles. The molecule has 2 heterocycles. The predicted octanol–water partition coefficient (Wildman–Crippen LogP) is 3.03. The highest BCUT2D eigenvalue weighted by atomic mass is 32.2. The highest BCUT2D eigenvalue weighted by Crippen LogP contribution is 2.35. The summed E-state index contributed by atoms with van der Waals surface area (Å²) in [6.45, 7) is 0. The molecule has 27 heavy (non-hydrogen) atoms. The summed E-state index contributed by atoms with van der Waals surface area (Å²) in [5, 5.41) is 14.2. The number of nitrogens with zero attached hydrogens (tertiary/aromatic N) is 2. The quantitative estimate of drug-likeness (QED) is 0.696. The minimum atomic E-state index is -1.70. The first-order valence-electron chi connectivity index (χ1n) is 8.79. The molecule has 144 valence electrons. The smallest absolute Gasteiger partial charge is 0.316 e. The Morgan fingerprint density at radius 2 is 2.07 bits per heavy atom. The fourth-order valence-corrected chi connectivity index (χ4v) is 4.66. The van der Waals surface area contributed by atoms with Crippen LogP contribution in [0.4, 0.5) is 5.13 Å². The minimum absolute atomic E-state index is 0.127. The third-order valence-electron chi connectivity index (χ3n) is 4.67. The molecule has 2 atom stereocenters. The summed E-state index contributed by atoms with van der Waals surface area (Å²) in [7, 11) is -1.70. The van der Waals surface area contributed by atoms with Crippen molar-refractivity contribution in [1.82, 2.24) is 9.97 Å². The van der Waals surface area contributed by atoms with E-state index >= 15 is 0 Å². The summed E-state index contributed by atoms with van der Waals surface area (Å²) in [5.74, 6) is -1.62. The molecule has 0 bridgehead atoms. The van der Waals surface area contributed by atoms with E-state index in [0.717, 1.165) is 24.8 Å². The van der Waals surface area contributed by atoms with Crippen LogP contribution < -0.4 is 5.32 Å². The van der Waals surface area contributed by atoms with Gasteiger partial charge in [0.15, 0.2) is 5.13 Å². The van der Waals surface area contributed by atoms with E-state index in [0.29, 0.717) is 11.0 Å². The zero-order valence-electron chi connectivity index (χ0n) is 14.7. The molecule has 2 aromatic rings. The molecule has 1 amide bonds. The Balaban J connectivity index is 1.77. The number of aliphatic carboxylic acids is 1. The third kappa shape index (κ3) is 5.43. The number of thiazole rings is 1. The van der Waals surface area contributed by atoms with Crippen LogP contribution in [0.2, 0.25) is 0 Å². The summed E-state index contributed by atoms with van der Waals surface area (Å²) >= 11 is 1.36. The topological polar surface area (TPSA) is 109 Å². The number of carbonyl (C=O) groups is 2. The van der Waals surface area contributed by atoms with E-state index in [1.165, 1.54) is 30.4 Å².